The van der Waals surface area contributed by atoms with E-state index in [0.717, 1.165) is 29.2 Å². The molecule has 2 aromatic heterocycles. The standard InChI is InChI=1S/C22H23ClN4OS/c1-4-24-22(29)26-18-10-9-17(25-13-18)12-19-11-14(2)20(27(19)3)21(28)15-5-7-16(23)8-6-15/h5-11,13H,4,12H2,1-3H3,(H2,24,26,29). The van der Waals surface area contributed by atoms with Gasteiger partial charge in [0.2, 0.25) is 5.78 Å². The number of anilines is 1. The van der Waals surface area contributed by atoms with Crippen molar-refractivity contribution in [3.05, 3.63) is 81.9 Å². The Morgan fingerprint density at radius 3 is 2.55 bits per heavy atom. The molecule has 0 saturated carbocycles. The highest BCUT2D eigenvalue weighted by atomic mass is 35.5. The predicted molar refractivity (Wildman–Crippen MR) is 122 cm³/mol. The number of ketones is 1. The number of nitrogens with zero attached hydrogens (tertiary/aromatic N) is 2. The highest BCUT2D eigenvalue weighted by molar-refractivity contribution is 7.80. The van der Waals surface area contributed by atoms with Crippen molar-refractivity contribution in [3.63, 3.8) is 0 Å². The first kappa shape index (κ1) is 21.0. The van der Waals surface area contributed by atoms with E-state index in [4.69, 9.17) is 23.8 Å². The molecule has 0 bridgehead atoms. The van der Waals surface area contributed by atoms with Gasteiger partial charge in [0.05, 0.1) is 17.6 Å². The molecule has 3 aromatic rings. The van der Waals surface area contributed by atoms with E-state index in [1.54, 1.807) is 30.5 Å². The van der Waals surface area contributed by atoms with Crippen molar-refractivity contribution in [1.29, 1.82) is 0 Å². The highest BCUT2D eigenvalue weighted by Crippen LogP contribution is 2.21. The molecule has 0 atom stereocenters. The van der Waals surface area contributed by atoms with Crippen molar-refractivity contribution >= 4 is 40.4 Å². The lowest BCUT2D eigenvalue weighted by Crippen LogP contribution is -2.27. The molecule has 0 amide bonds. The third kappa shape index (κ3) is 5.02. The first-order chi connectivity index (χ1) is 13.9. The number of halogens is 1. The van der Waals surface area contributed by atoms with E-state index >= 15 is 0 Å². The Hall–Kier alpha value is -2.70. The minimum absolute atomic E-state index is 0.0163. The number of aromatic nitrogens is 2. The molecule has 1 aromatic carbocycles. The molecule has 0 fully saturated rings. The fourth-order valence-electron chi connectivity index (χ4n) is 3.19. The molecule has 5 nitrogen and oxygen atoms in total. The third-order valence-electron chi connectivity index (χ3n) is 4.63. The average molecular weight is 427 g/mol. The van der Waals surface area contributed by atoms with E-state index in [9.17, 15) is 4.79 Å². The summed E-state index contributed by atoms with van der Waals surface area (Å²) in [5.41, 5.74) is 5.01. The lowest BCUT2D eigenvalue weighted by atomic mass is 10.1. The van der Waals surface area contributed by atoms with Crippen LogP contribution in [0, 0.1) is 6.92 Å². The van der Waals surface area contributed by atoms with Crippen LogP contribution in [0.1, 0.15) is 39.9 Å². The number of hydrogen-bond acceptors (Lipinski definition) is 3. The van der Waals surface area contributed by atoms with Crippen LogP contribution in [-0.4, -0.2) is 27.0 Å². The predicted octanol–water partition coefficient (Wildman–Crippen LogP) is 4.51. The number of carbonyl (C=O) groups is 1. The summed E-state index contributed by atoms with van der Waals surface area (Å²) in [4.78, 5) is 17.5. The lowest BCUT2D eigenvalue weighted by molar-refractivity contribution is 0.103. The van der Waals surface area contributed by atoms with Crippen LogP contribution in [0.25, 0.3) is 0 Å². The SMILES string of the molecule is CCNC(=S)Nc1ccc(Cc2cc(C)c(C(=O)c3ccc(Cl)cc3)n2C)nc1. The van der Waals surface area contributed by atoms with Gasteiger partial charge in [-0.1, -0.05) is 11.6 Å². The molecule has 2 heterocycles. The minimum atomic E-state index is -0.0163. The molecule has 7 heteroatoms. The molecule has 0 unspecified atom stereocenters. The third-order valence-corrected chi connectivity index (χ3v) is 5.12. The summed E-state index contributed by atoms with van der Waals surface area (Å²) in [5.74, 6) is -0.0163. The van der Waals surface area contributed by atoms with E-state index in [0.29, 0.717) is 27.8 Å². The number of rotatable bonds is 6. The number of benzene rings is 1. The molecular formula is C22H23ClN4OS. The van der Waals surface area contributed by atoms with Gasteiger partial charge in [-0.25, -0.2) is 0 Å². The number of aryl methyl sites for hydroxylation is 1. The van der Waals surface area contributed by atoms with Gasteiger partial charge < -0.3 is 15.2 Å². The molecular weight excluding hydrogens is 404 g/mol. The highest BCUT2D eigenvalue weighted by Gasteiger charge is 2.18. The molecule has 2 N–H and O–H groups in total. The topological polar surface area (TPSA) is 58.9 Å². The van der Waals surface area contributed by atoms with Crippen LogP contribution in [0.2, 0.25) is 5.02 Å². The number of carbonyl (C=O) groups excluding carboxylic acids is 1. The van der Waals surface area contributed by atoms with Crippen molar-refractivity contribution in [2.45, 2.75) is 20.3 Å². The zero-order valence-corrected chi connectivity index (χ0v) is 18.2. The fraction of sp³-hybridized carbons (Fsp3) is 0.227. The monoisotopic (exact) mass is 426 g/mol. The second-order valence-electron chi connectivity index (χ2n) is 6.76. The molecule has 0 aliphatic heterocycles. The maximum absolute atomic E-state index is 13.0. The second kappa shape index (κ2) is 9.20. The Balaban J connectivity index is 1.77. The van der Waals surface area contributed by atoms with Crippen molar-refractivity contribution in [2.24, 2.45) is 7.05 Å². The summed E-state index contributed by atoms with van der Waals surface area (Å²) < 4.78 is 1.94. The Bertz CT molecular complexity index is 1030. The second-order valence-corrected chi connectivity index (χ2v) is 7.61. The van der Waals surface area contributed by atoms with Crippen LogP contribution < -0.4 is 10.6 Å². The zero-order chi connectivity index (χ0) is 21.0. The summed E-state index contributed by atoms with van der Waals surface area (Å²) in [5, 5.41) is 7.32. The molecule has 0 aliphatic carbocycles. The molecule has 150 valence electrons. The normalized spacial score (nSPS) is 10.6. The Morgan fingerprint density at radius 2 is 1.93 bits per heavy atom. The number of pyridine rings is 1. The van der Waals surface area contributed by atoms with Crippen LogP contribution in [0.15, 0.2) is 48.7 Å². The van der Waals surface area contributed by atoms with Gasteiger partial charge in [0.15, 0.2) is 5.11 Å². The largest absolute Gasteiger partial charge is 0.363 e. The van der Waals surface area contributed by atoms with Crippen LogP contribution in [-0.2, 0) is 13.5 Å². The maximum atomic E-state index is 13.0. The van der Waals surface area contributed by atoms with E-state index in [1.807, 2.05) is 43.7 Å². The number of nitrogens with one attached hydrogen (secondary N) is 2. The van der Waals surface area contributed by atoms with Gasteiger partial charge in [0.25, 0.3) is 0 Å². The molecule has 3 rings (SSSR count). The summed E-state index contributed by atoms with van der Waals surface area (Å²) >= 11 is 11.1. The van der Waals surface area contributed by atoms with Gasteiger partial charge in [0.1, 0.15) is 0 Å². The first-order valence-electron chi connectivity index (χ1n) is 9.34. The molecule has 0 aliphatic rings. The first-order valence-corrected chi connectivity index (χ1v) is 10.1. The van der Waals surface area contributed by atoms with E-state index in [2.05, 4.69) is 15.6 Å². The van der Waals surface area contributed by atoms with Gasteiger partial charge in [-0.05, 0) is 74.1 Å². The fourth-order valence-corrected chi connectivity index (χ4v) is 3.57. The smallest absolute Gasteiger partial charge is 0.209 e. The van der Waals surface area contributed by atoms with Gasteiger partial charge in [-0.15, -0.1) is 0 Å². The van der Waals surface area contributed by atoms with E-state index in [1.165, 1.54) is 0 Å². The van der Waals surface area contributed by atoms with Crippen molar-refractivity contribution < 1.29 is 4.79 Å². The Labute approximate surface area is 181 Å². The van der Waals surface area contributed by atoms with Gasteiger partial charge >= 0.3 is 0 Å². The van der Waals surface area contributed by atoms with Crippen LogP contribution in [0.4, 0.5) is 5.69 Å². The number of hydrogen-bond donors (Lipinski definition) is 2. The van der Waals surface area contributed by atoms with Crippen LogP contribution in [0.5, 0.6) is 0 Å². The summed E-state index contributed by atoms with van der Waals surface area (Å²) in [6.07, 6.45) is 2.39. The van der Waals surface area contributed by atoms with Crippen LogP contribution >= 0.6 is 23.8 Å². The van der Waals surface area contributed by atoms with Crippen LogP contribution in [0.3, 0.4) is 0 Å². The van der Waals surface area contributed by atoms with Crippen molar-refractivity contribution in [2.75, 3.05) is 11.9 Å². The minimum Gasteiger partial charge on any atom is -0.363 e. The number of thiocarbonyl (C=S) groups is 1. The average Bonchev–Trinajstić information content (AvgIpc) is 2.97. The van der Waals surface area contributed by atoms with E-state index < -0.39 is 0 Å². The van der Waals surface area contributed by atoms with Crippen molar-refractivity contribution in [1.82, 2.24) is 14.9 Å². The van der Waals surface area contributed by atoms with Crippen molar-refractivity contribution in [3.8, 4) is 0 Å². The van der Waals surface area contributed by atoms with Gasteiger partial charge in [-0.3, -0.25) is 9.78 Å². The summed E-state index contributed by atoms with van der Waals surface area (Å²) in [6.45, 7) is 4.71. The molecule has 29 heavy (non-hydrogen) atoms. The van der Waals surface area contributed by atoms with E-state index in [-0.39, 0.29) is 5.78 Å². The maximum Gasteiger partial charge on any atom is 0.209 e. The Kier molecular flexibility index (Phi) is 6.67. The summed E-state index contributed by atoms with van der Waals surface area (Å²) in [7, 11) is 1.91. The summed E-state index contributed by atoms with van der Waals surface area (Å²) in [6, 6.07) is 12.9. The van der Waals surface area contributed by atoms with Gasteiger partial charge in [-0.2, -0.15) is 0 Å². The molecule has 0 spiro atoms. The molecule has 0 radical (unpaired) electrons. The lowest BCUT2D eigenvalue weighted by Gasteiger charge is -2.10. The molecule has 0 saturated heterocycles. The van der Waals surface area contributed by atoms with Gasteiger partial charge in [0, 0.05) is 42.0 Å². The quantitative estimate of drug-likeness (QED) is 0.448. The Morgan fingerprint density at radius 1 is 1.21 bits per heavy atom. The zero-order valence-electron chi connectivity index (χ0n) is 16.6.